The van der Waals surface area contributed by atoms with Gasteiger partial charge in [-0.2, -0.15) is 0 Å². The van der Waals surface area contributed by atoms with E-state index >= 15 is 0 Å². The quantitative estimate of drug-likeness (QED) is 0.0212. The molecule has 0 atom stereocenters. The predicted octanol–water partition coefficient (Wildman–Crippen LogP) is 31.7. The number of hydrogen-bond acceptors (Lipinski definition) is 10. The maximum atomic E-state index is 6.80. The zero-order valence-electron chi connectivity index (χ0n) is 76.9. The summed E-state index contributed by atoms with van der Waals surface area (Å²) < 4.78 is 27.2. The van der Waals surface area contributed by atoms with Gasteiger partial charge in [-0.25, -0.2) is 19.9 Å². The molecular formula is C114H136N10O4. The molecule has 4 aliphatic rings. The lowest BCUT2D eigenvalue weighted by atomic mass is 10.0. The molecule has 14 rings (SSSR count). The standard InChI is InChI=1S/C114H136N10O4/c1-5-9-13-17-21-25-29-33-37-43-73-125-93-77-87(78-94(83-93)126-74-44-38-34-30-26-22-18-14-10-6-2)113-105-55-51-91(119-105)81-89-49-53-103(117-89)111(85-65-69-115-70-66-85)107-61-57-99(121-107)97(101-59-63-109(113)123-101)47-41-42-48-98-100-58-62-108(122-100)112(86-67-71-116-72-68-86)104-54-50-90(118-104)82-92-52-56-106(120-92)114(110-64-60-102(98)124-110)88-79-95(127-75-45-39-35-31-27-23-19-15-11-7-3)84-96(80-88)128-76-46-40-36-32-28-24-20-16-12-8-4/h49-72,77-84,119-122H,5-40,43-46,73-76H2,1-4H3. The zero-order chi connectivity index (χ0) is 87.8. The molecule has 12 heterocycles. The lowest BCUT2D eigenvalue weighted by molar-refractivity contribution is 0.289. The summed E-state index contributed by atoms with van der Waals surface area (Å²) in [6.07, 6.45) is 74.1. The third kappa shape index (κ3) is 27.4. The van der Waals surface area contributed by atoms with Crippen molar-refractivity contribution in [3.8, 4) is 91.2 Å². The number of unbranched alkanes of at least 4 members (excludes halogenated alkanes) is 36. The maximum absolute atomic E-state index is 6.80. The Hall–Kier alpha value is -11.7. The van der Waals surface area contributed by atoms with Crippen LogP contribution in [0.3, 0.4) is 0 Å². The molecule has 0 saturated heterocycles. The van der Waals surface area contributed by atoms with E-state index in [0.29, 0.717) is 48.9 Å². The minimum absolute atomic E-state index is 0.615. The van der Waals surface area contributed by atoms with Crippen LogP contribution in [0, 0.1) is 23.7 Å². The highest BCUT2D eigenvalue weighted by molar-refractivity contribution is 5.97. The Morgan fingerprint density at radius 2 is 0.492 bits per heavy atom. The smallest absolute Gasteiger partial charge is 0.123 e. The highest BCUT2D eigenvalue weighted by Gasteiger charge is 2.22. The summed E-state index contributed by atoms with van der Waals surface area (Å²) >= 11 is 0. The van der Waals surface area contributed by atoms with Crippen molar-refractivity contribution >= 4 is 92.7 Å². The normalized spacial score (nSPS) is 11.9. The van der Waals surface area contributed by atoms with Crippen LogP contribution in [0.2, 0.25) is 0 Å². The molecule has 0 amide bonds. The van der Waals surface area contributed by atoms with Gasteiger partial charge in [-0.3, -0.25) is 9.97 Å². The van der Waals surface area contributed by atoms with Crippen molar-refractivity contribution in [2.24, 2.45) is 0 Å². The van der Waals surface area contributed by atoms with Crippen LogP contribution in [0.25, 0.3) is 137 Å². The van der Waals surface area contributed by atoms with E-state index in [1.54, 1.807) is 0 Å². The van der Waals surface area contributed by atoms with Gasteiger partial charge in [0.15, 0.2) is 0 Å². The molecule has 128 heavy (non-hydrogen) atoms. The molecule has 0 spiro atoms. The van der Waals surface area contributed by atoms with Gasteiger partial charge in [0.05, 0.1) is 94.1 Å². The fourth-order valence-corrected chi connectivity index (χ4v) is 17.9. The van der Waals surface area contributed by atoms with Crippen molar-refractivity contribution in [3.63, 3.8) is 0 Å². The minimum Gasteiger partial charge on any atom is -0.493 e. The van der Waals surface area contributed by atoms with Gasteiger partial charge in [-0.05, 0) is 229 Å². The number of hydrogen-bond donors (Lipinski definition) is 4. The number of H-pyrrole nitrogens is 4. The summed E-state index contributed by atoms with van der Waals surface area (Å²) in [7, 11) is 0. The first-order chi connectivity index (χ1) is 63.3. The van der Waals surface area contributed by atoms with Gasteiger partial charge in [-0.15, -0.1) is 0 Å². The van der Waals surface area contributed by atoms with Crippen LogP contribution in [0.15, 0.2) is 146 Å². The van der Waals surface area contributed by atoms with Crippen LogP contribution < -0.4 is 18.9 Å². The number of fused-ring (bicyclic) bond motifs is 16. The number of aromatic amines is 4. The highest BCUT2D eigenvalue weighted by Crippen LogP contribution is 2.41. The second-order valence-corrected chi connectivity index (χ2v) is 35.2. The molecule has 4 aliphatic heterocycles. The molecule has 10 aromatic rings. The van der Waals surface area contributed by atoms with Crippen LogP contribution >= 0.6 is 0 Å². The van der Waals surface area contributed by atoms with E-state index in [2.05, 4.69) is 227 Å². The second-order valence-electron chi connectivity index (χ2n) is 35.2. The topological polar surface area (TPSA) is 177 Å². The SMILES string of the molecule is CCCCCCCCCCCCOc1cc(OCCCCCCCCCCCC)cc(-c2c3nc(c(C#CC#Cc4c5nc(c(-c6cc(OCCCCCCCCCCCC)cc(OCCCCCCCCCCCC)c6)c6ccc(cc7nc(c(-c8ccncc8)c8ccc4[nH]8)C=C7)[nH]6)C=C5)c4ccc([nH]4)c(-c4ccncc4)c4nc(cc5ccc2[nH]5)C=C4)C=C3)c1. The predicted molar refractivity (Wildman–Crippen MR) is 538 cm³/mol. The number of aromatic nitrogens is 10. The summed E-state index contributed by atoms with van der Waals surface area (Å²) in [5, 5.41) is 0. The van der Waals surface area contributed by atoms with E-state index in [0.717, 1.165) is 197 Å². The number of pyridine rings is 2. The van der Waals surface area contributed by atoms with Gasteiger partial charge in [-0.1, -0.05) is 259 Å². The van der Waals surface area contributed by atoms with Gasteiger partial charge in [0, 0.05) is 92.3 Å². The zero-order valence-corrected chi connectivity index (χ0v) is 76.9. The molecule has 8 aromatic heterocycles. The van der Waals surface area contributed by atoms with Crippen LogP contribution in [0.5, 0.6) is 23.0 Å². The van der Waals surface area contributed by atoms with E-state index in [1.807, 2.05) is 49.1 Å². The summed E-state index contributed by atoms with van der Waals surface area (Å²) in [6.45, 7) is 11.6. The Kier molecular flexibility index (Phi) is 36.6. The van der Waals surface area contributed by atoms with Gasteiger partial charge in [0.2, 0.25) is 0 Å². The average Bonchev–Trinajstić information content (AvgIpc) is 1.68. The first kappa shape index (κ1) is 92.4. The molecule has 0 saturated carbocycles. The summed E-state index contributed by atoms with van der Waals surface area (Å²) in [6, 6.07) is 42.1. The van der Waals surface area contributed by atoms with Crippen molar-refractivity contribution in [1.82, 2.24) is 49.8 Å². The Labute approximate surface area is 761 Å². The largest absolute Gasteiger partial charge is 0.493 e. The Morgan fingerprint density at radius 3 is 0.812 bits per heavy atom. The molecule has 14 nitrogen and oxygen atoms in total. The molecule has 0 fully saturated rings. The average molecular weight is 1710 g/mol. The fourth-order valence-electron chi connectivity index (χ4n) is 17.9. The second kappa shape index (κ2) is 50.7. The van der Waals surface area contributed by atoms with Gasteiger partial charge in [0.25, 0.3) is 0 Å². The number of benzene rings is 2. The molecule has 0 unspecified atom stereocenters. The molecule has 14 heteroatoms. The molecule has 0 radical (unpaired) electrons. The third-order valence-corrected chi connectivity index (χ3v) is 24.9. The van der Waals surface area contributed by atoms with Gasteiger partial charge < -0.3 is 38.9 Å². The van der Waals surface area contributed by atoms with E-state index in [4.69, 9.17) is 38.9 Å². The molecule has 16 bridgehead atoms. The number of ether oxygens (including phenoxy) is 4. The monoisotopic (exact) mass is 1710 g/mol. The van der Waals surface area contributed by atoms with E-state index in [-0.39, 0.29) is 0 Å². The van der Waals surface area contributed by atoms with Crippen molar-refractivity contribution in [2.75, 3.05) is 26.4 Å². The van der Waals surface area contributed by atoms with Crippen LogP contribution in [-0.4, -0.2) is 76.3 Å². The van der Waals surface area contributed by atoms with Crippen LogP contribution in [0.1, 0.15) is 341 Å². The Bertz CT molecular complexity index is 5410. The lowest BCUT2D eigenvalue weighted by Crippen LogP contribution is -2.01. The van der Waals surface area contributed by atoms with Crippen molar-refractivity contribution in [1.29, 1.82) is 0 Å². The summed E-state index contributed by atoms with van der Waals surface area (Å²) in [5.41, 5.74) is 21.6. The lowest BCUT2D eigenvalue weighted by Gasteiger charge is -2.14. The first-order valence-corrected chi connectivity index (χ1v) is 49.3. The van der Waals surface area contributed by atoms with E-state index in [1.165, 1.54) is 205 Å². The molecule has 2 aromatic carbocycles. The van der Waals surface area contributed by atoms with Gasteiger partial charge in [0.1, 0.15) is 23.0 Å². The molecule has 4 N–H and O–H groups in total. The third-order valence-electron chi connectivity index (χ3n) is 24.9. The minimum atomic E-state index is 0.615. The first-order valence-electron chi connectivity index (χ1n) is 49.3. The van der Waals surface area contributed by atoms with Crippen molar-refractivity contribution in [3.05, 3.63) is 203 Å². The highest BCUT2D eigenvalue weighted by atomic mass is 16.5. The summed E-state index contributed by atoms with van der Waals surface area (Å²) in [4.78, 5) is 46.2. The van der Waals surface area contributed by atoms with E-state index < -0.39 is 0 Å². The summed E-state index contributed by atoms with van der Waals surface area (Å²) in [5.74, 6) is 17.2. The maximum Gasteiger partial charge on any atom is 0.123 e. The molecule has 666 valence electrons. The fraction of sp³-hybridized carbons (Fsp3) is 0.421. The Morgan fingerprint density at radius 1 is 0.234 bits per heavy atom. The van der Waals surface area contributed by atoms with E-state index in [9.17, 15) is 0 Å². The van der Waals surface area contributed by atoms with Crippen LogP contribution in [0.4, 0.5) is 0 Å². The molecular weight excluding hydrogens is 1570 g/mol. The molecule has 0 aliphatic carbocycles. The number of nitrogens with zero attached hydrogens (tertiary/aromatic N) is 6. The van der Waals surface area contributed by atoms with Crippen LogP contribution in [-0.2, 0) is 0 Å². The number of nitrogens with one attached hydrogen (secondary N) is 4. The Balaban J connectivity index is 0.876. The van der Waals surface area contributed by atoms with Gasteiger partial charge >= 0.3 is 0 Å². The van der Waals surface area contributed by atoms with Crippen molar-refractivity contribution in [2.45, 2.75) is 285 Å². The number of rotatable bonds is 52. The van der Waals surface area contributed by atoms with Crippen molar-refractivity contribution < 1.29 is 18.9 Å².